The summed E-state index contributed by atoms with van der Waals surface area (Å²) >= 11 is 0. The normalized spacial score (nSPS) is 12.9. The van der Waals surface area contributed by atoms with E-state index in [2.05, 4.69) is 0 Å². The molecule has 66 valence electrons. The van der Waals surface area contributed by atoms with Crippen LogP contribution in [0.2, 0.25) is 0 Å². The summed E-state index contributed by atoms with van der Waals surface area (Å²) in [5.41, 5.74) is 0. The number of methoxy groups -OCH3 is 1. The number of hydrogen-bond acceptors (Lipinski definition) is 3. The van der Waals surface area contributed by atoms with Crippen molar-refractivity contribution in [2.75, 3.05) is 20.3 Å². The van der Waals surface area contributed by atoms with Crippen molar-refractivity contribution in [1.82, 2.24) is 0 Å². The summed E-state index contributed by atoms with van der Waals surface area (Å²) in [5.74, 6) is -0.935. The van der Waals surface area contributed by atoms with Crippen LogP contribution in [0.4, 0.5) is 0 Å². The Morgan fingerprint density at radius 3 is 2.73 bits per heavy atom. The molecule has 0 aromatic heterocycles. The molecule has 0 saturated carbocycles. The van der Waals surface area contributed by atoms with Crippen molar-refractivity contribution in [3.05, 3.63) is 0 Å². The largest absolute Gasteiger partial charge is 0.480 e. The van der Waals surface area contributed by atoms with Crippen LogP contribution in [0.1, 0.15) is 13.3 Å². The molecular weight excluding hydrogens is 148 g/mol. The minimum absolute atomic E-state index is 0.129. The molecule has 1 atom stereocenters. The molecule has 0 amide bonds. The maximum Gasteiger partial charge on any atom is 0.329 e. The van der Waals surface area contributed by atoms with Crippen molar-refractivity contribution in [3.8, 4) is 0 Å². The van der Waals surface area contributed by atoms with Gasteiger partial charge in [0.15, 0.2) is 0 Å². The van der Waals surface area contributed by atoms with E-state index in [1.165, 1.54) is 0 Å². The molecule has 0 bridgehead atoms. The average Bonchev–Trinajstić information content (AvgIpc) is 1.97. The van der Waals surface area contributed by atoms with Gasteiger partial charge in [0.2, 0.25) is 0 Å². The molecule has 0 saturated heterocycles. The summed E-state index contributed by atoms with van der Waals surface area (Å²) in [6, 6.07) is 0. The first-order chi connectivity index (χ1) is 5.16. The van der Waals surface area contributed by atoms with Crippen LogP contribution in [0.3, 0.4) is 0 Å². The Labute approximate surface area is 66.1 Å². The predicted octanol–water partition coefficient (Wildman–Crippen LogP) is 0.513. The first kappa shape index (κ1) is 10.4. The van der Waals surface area contributed by atoms with Crippen LogP contribution in [0.25, 0.3) is 0 Å². The van der Waals surface area contributed by atoms with Crippen LogP contribution >= 0.6 is 0 Å². The van der Waals surface area contributed by atoms with Gasteiger partial charge in [0, 0.05) is 13.7 Å². The molecule has 0 rings (SSSR count). The predicted molar refractivity (Wildman–Crippen MR) is 39.5 cm³/mol. The van der Waals surface area contributed by atoms with Gasteiger partial charge in [0.1, 0.15) is 6.61 Å². The number of carbonyl (C=O) groups is 1. The third kappa shape index (κ3) is 7.29. The monoisotopic (exact) mass is 162 g/mol. The number of hydrogen-bond donors (Lipinski definition) is 1. The minimum Gasteiger partial charge on any atom is -0.480 e. The van der Waals surface area contributed by atoms with Crippen molar-refractivity contribution in [3.63, 3.8) is 0 Å². The fourth-order valence-corrected chi connectivity index (χ4v) is 0.527. The summed E-state index contributed by atoms with van der Waals surface area (Å²) in [7, 11) is 1.61. The highest BCUT2D eigenvalue weighted by Gasteiger charge is 2.00. The van der Waals surface area contributed by atoms with E-state index < -0.39 is 5.97 Å². The minimum atomic E-state index is -0.935. The average molecular weight is 162 g/mol. The smallest absolute Gasteiger partial charge is 0.329 e. The maximum atomic E-state index is 9.96. The molecule has 0 spiro atoms. The quantitative estimate of drug-likeness (QED) is 0.578. The highest BCUT2D eigenvalue weighted by Crippen LogP contribution is 1.94. The van der Waals surface area contributed by atoms with Gasteiger partial charge in [-0.1, -0.05) is 0 Å². The summed E-state index contributed by atoms with van der Waals surface area (Å²) in [4.78, 5) is 9.96. The van der Waals surface area contributed by atoms with Crippen molar-refractivity contribution >= 4 is 5.97 Å². The van der Waals surface area contributed by atoms with E-state index >= 15 is 0 Å². The zero-order valence-electron chi connectivity index (χ0n) is 6.87. The lowest BCUT2D eigenvalue weighted by molar-refractivity contribution is -0.142. The third-order valence-corrected chi connectivity index (χ3v) is 1.30. The Kier molecular flexibility index (Phi) is 5.78. The number of aliphatic carboxylic acids is 1. The summed E-state index contributed by atoms with van der Waals surface area (Å²) < 4.78 is 9.72. The molecule has 0 aliphatic rings. The zero-order valence-corrected chi connectivity index (χ0v) is 6.87. The van der Waals surface area contributed by atoms with Crippen molar-refractivity contribution in [2.45, 2.75) is 19.4 Å². The van der Waals surface area contributed by atoms with Gasteiger partial charge < -0.3 is 14.6 Å². The highest BCUT2D eigenvalue weighted by atomic mass is 16.5. The molecule has 1 N–H and O–H groups in total. The van der Waals surface area contributed by atoms with Gasteiger partial charge in [-0.15, -0.1) is 0 Å². The van der Waals surface area contributed by atoms with E-state index in [1.807, 2.05) is 6.92 Å². The van der Waals surface area contributed by atoms with Crippen LogP contribution < -0.4 is 0 Å². The molecular formula is C7H14O4. The molecule has 0 heterocycles. The van der Waals surface area contributed by atoms with Gasteiger partial charge in [0.05, 0.1) is 6.10 Å². The van der Waals surface area contributed by atoms with E-state index in [-0.39, 0.29) is 12.7 Å². The SMILES string of the molecule is COC(C)CCOCC(=O)O. The van der Waals surface area contributed by atoms with E-state index in [0.717, 1.165) is 6.42 Å². The molecule has 4 heteroatoms. The Balaban J connectivity index is 3.08. The van der Waals surface area contributed by atoms with E-state index in [0.29, 0.717) is 6.61 Å². The Bertz CT molecular complexity index is 113. The summed E-state index contributed by atoms with van der Waals surface area (Å²) in [5, 5.41) is 8.18. The molecule has 11 heavy (non-hydrogen) atoms. The fraction of sp³-hybridized carbons (Fsp3) is 0.857. The van der Waals surface area contributed by atoms with Gasteiger partial charge >= 0.3 is 5.97 Å². The highest BCUT2D eigenvalue weighted by molar-refractivity contribution is 5.67. The number of carboxylic acids is 1. The van der Waals surface area contributed by atoms with Crippen LogP contribution in [0, 0.1) is 0 Å². The first-order valence-electron chi connectivity index (χ1n) is 3.49. The third-order valence-electron chi connectivity index (χ3n) is 1.30. The van der Waals surface area contributed by atoms with Gasteiger partial charge in [0.25, 0.3) is 0 Å². The molecule has 0 fully saturated rings. The van der Waals surface area contributed by atoms with E-state index in [4.69, 9.17) is 14.6 Å². The molecule has 0 radical (unpaired) electrons. The number of carboxylic acid groups (broad SMARTS) is 1. The molecule has 1 unspecified atom stereocenters. The van der Waals surface area contributed by atoms with Crippen LogP contribution in [-0.4, -0.2) is 37.5 Å². The Morgan fingerprint density at radius 2 is 2.27 bits per heavy atom. The number of ether oxygens (including phenoxy) is 2. The number of rotatable bonds is 6. The first-order valence-corrected chi connectivity index (χ1v) is 3.49. The molecule has 4 nitrogen and oxygen atoms in total. The molecule has 0 aliphatic carbocycles. The van der Waals surface area contributed by atoms with Crippen LogP contribution in [0.15, 0.2) is 0 Å². The van der Waals surface area contributed by atoms with Crippen molar-refractivity contribution in [2.24, 2.45) is 0 Å². The van der Waals surface area contributed by atoms with Crippen LogP contribution in [-0.2, 0) is 14.3 Å². The molecule has 0 aromatic rings. The lowest BCUT2D eigenvalue weighted by atomic mass is 10.3. The topological polar surface area (TPSA) is 55.8 Å². The second-order valence-corrected chi connectivity index (χ2v) is 2.28. The molecule has 0 aliphatic heterocycles. The Morgan fingerprint density at radius 1 is 1.64 bits per heavy atom. The Hall–Kier alpha value is -0.610. The standard InChI is InChI=1S/C7H14O4/c1-6(10-2)3-4-11-5-7(8)9/h6H,3-5H2,1-2H3,(H,8,9). The van der Waals surface area contributed by atoms with Gasteiger partial charge in [-0.3, -0.25) is 0 Å². The van der Waals surface area contributed by atoms with E-state index in [9.17, 15) is 4.79 Å². The lowest BCUT2D eigenvalue weighted by Crippen LogP contribution is -2.12. The summed E-state index contributed by atoms with van der Waals surface area (Å²) in [6.45, 7) is 2.11. The van der Waals surface area contributed by atoms with Gasteiger partial charge in [-0.2, -0.15) is 0 Å². The second kappa shape index (κ2) is 6.12. The van der Waals surface area contributed by atoms with Gasteiger partial charge in [-0.25, -0.2) is 4.79 Å². The second-order valence-electron chi connectivity index (χ2n) is 2.28. The van der Waals surface area contributed by atoms with Gasteiger partial charge in [-0.05, 0) is 13.3 Å². The van der Waals surface area contributed by atoms with Crippen molar-refractivity contribution in [1.29, 1.82) is 0 Å². The van der Waals surface area contributed by atoms with Crippen LogP contribution in [0.5, 0.6) is 0 Å². The lowest BCUT2D eigenvalue weighted by Gasteiger charge is -2.07. The van der Waals surface area contributed by atoms with E-state index in [1.54, 1.807) is 7.11 Å². The molecule has 0 aromatic carbocycles. The zero-order chi connectivity index (χ0) is 8.69. The maximum absolute atomic E-state index is 9.96. The van der Waals surface area contributed by atoms with Crippen molar-refractivity contribution < 1.29 is 19.4 Å². The fourth-order valence-electron chi connectivity index (χ4n) is 0.527. The summed E-state index contributed by atoms with van der Waals surface area (Å²) in [6.07, 6.45) is 0.854.